The van der Waals surface area contributed by atoms with E-state index in [0.717, 1.165) is 30.5 Å². The first-order valence-corrected chi connectivity index (χ1v) is 8.78. The molecule has 8 heteroatoms. The minimum Gasteiger partial charge on any atom is -0.384 e. The SMILES string of the molecule is COCCc1noc(CN(C)c2cc(C)nc(N3CCCCC3)n2)n1. The minimum atomic E-state index is 0.510. The second-order valence-corrected chi connectivity index (χ2v) is 6.42. The maximum atomic E-state index is 5.32. The van der Waals surface area contributed by atoms with Crippen LogP contribution in [0.3, 0.4) is 0 Å². The van der Waals surface area contributed by atoms with Crippen molar-refractivity contribution in [3.63, 3.8) is 0 Å². The van der Waals surface area contributed by atoms with Gasteiger partial charge in [0.2, 0.25) is 11.8 Å². The lowest BCUT2D eigenvalue weighted by molar-refractivity contribution is 0.199. The van der Waals surface area contributed by atoms with Gasteiger partial charge in [0.1, 0.15) is 5.82 Å². The van der Waals surface area contributed by atoms with Gasteiger partial charge in [-0.25, -0.2) is 4.98 Å². The zero-order chi connectivity index (χ0) is 17.6. The van der Waals surface area contributed by atoms with Gasteiger partial charge < -0.3 is 19.1 Å². The highest BCUT2D eigenvalue weighted by Crippen LogP contribution is 2.21. The lowest BCUT2D eigenvalue weighted by atomic mass is 10.1. The third-order valence-electron chi connectivity index (χ3n) is 4.27. The minimum absolute atomic E-state index is 0.510. The number of nitrogens with zero attached hydrogens (tertiary/aromatic N) is 6. The normalized spacial score (nSPS) is 14.8. The summed E-state index contributed by atoms with van der Waals surface area (Å²) in [4.78, 5) is 18.0. The number of ether oxygens (including phenoxy) is 1. The number of piperidine rings is 1. The molecule has 0 bridgehead atoms. The van der Waals surface area contributed by atoms with Gasteiger partial charge >= 0.3 is 0 Å². The van der Waals surface area contributed by atoms with Gasteiger partial charge in [0.05, 0.1) is 13.2 Å². The molecule has 3 rings (SSSR count). The highest BCUT2D eigenvalue weighted by atomic mass is 16.5. The summed E-state index contributed by atoms with van der Waals surface area (Å²) in [6, 6.07) is 1.98. The summed E-state index contributed by atoms with van der Waals surface area (Å²) >= 11 is 0. The Morgan fingerprint density at radius 1 is 1.20 bits per heavy atom. The molecule has 0 spiro atoms. The zero-order valence-electron chi connectivity index (χ0n) is 15.2. The molecular weight excluding hydrogens is 320 g/mol. The van der Waals surface area contributed by atoms with Crippen molar-refractivity contribution in [1.82, 2.24) is 20.1 Å². The smallest absolute Gasteiger partial charge is 0.246 e. The molecule has 0 atom stereocenters. The Kier molecular flexibility index (Phi) is 5.80. The van der Waals surface area contributed by atoms with Crippen molar-refractivity contribution in [3.05, 3.63) is 23.5 Å². The van der Waals surface area contributed by atoms with Crippen molar-refractivity contribution in [2.24, 2.45) is 0 Å². The van der Waals surface area contributed by atoms with Crippen LogP contribution in [-0.2, 0) is 17.7 Å². The van der Waals surface area contributed by atoms with E-state index in [0.29, 0.717) is 31.3 Å². The van der Waals surface area contributed by atoms with Crippen LogP contribution in [0.4, 0.5) is 11.8 Å². The second-order valence-electron chi connectivity index (χ2n) is 6.42. The van der Waals surface area contributed by atoms with Crippen molar-refractivity contribution in [2.45, 2.75) is 39.2 Å². The molecule has 1 saturated heterocycles. The summed E-state index contributed by atoms with van der Waals surface area (Å²) in [7, 11) is 3.63. The Morgan fingerprint density at radius 2 is 2.00 bits per heavy atom. The van der Waals surface area contributed by atoms with Crippen LogP contribution in [0.15, 0.2) is 10.6 Å². The van der Waals surface area contributed by atoms with Gasteiger partial charge in [-0.15, -0.1) is 0 Å². The molecule has 1 fully saturated rings. The maximum Gasteiger partial charge on any atom is 0.246 e. The fourth-order valence-corrected chi connectivity index (χ4v) is 2.90. The summed E-state index contributed by atoms with van der Waals surface area (Å²) in [6.45, 7) is 5.15. The molecule has 136 valence electrons. The summed E-state index contributed by atoms with van der Waals surface area (Å²) in [5.74, 6) is 2.92. The molecule has 0 unspecified atom stereocenters. The predicted molar refractivity (Wildman–Crippen MR) is 94.8 cm³/mol. The number of hydrogen-bond donors (Lipinski definition) is 0. The van der Waals surface area contributed by atoms with Crippen molar-refractivity contribution >= 4 is 11.8 Å². The highest BCUT2D eigenvalue weighted by molar-refractivity contribution is 5.45. The summed E-state index contributed by atoms with van der Waals surface area (Å²) in [5.41, 5.74) is 0.962. The van der Waals surface area contributed by atoms with Gasteiger partial charge in [-0.2, -0.15) is 9.97 Å². The van der Waals surface area contributed by atoms with E-state index in [1.54, 1.807) is 7.11 Å². The number of rotatable bonds is 7. The Balaban J connectivity index is 1.69. The van der Waals surface area contributed by atoms with Crippen LogP contribution in [0.1, 0.15) is 36.7 Å². The summed E-state index contributed by atoms with van der Waals surface area (Å²) in [6.07, 6.45) is 4.34. The molecule has 8 nitrogen and oxygen atoms in total. The van der Waals surface area contributed by atoms with E-state index in [1.807, 2.05) is 24.9 Å². The molecule has 0 amide bonds. The number of aromatic nitrogens is 4. The Labute approximate surface area is 148 Å². The second kappa shape index (κ2) is 8.24. The molecule has 1 aliphatic rings. The number of aryl methyl sites for hydroxylation is 1. The van der Waals surface area contributed by atoms with Gasteiger partial charge in [-0.05, 0) is 26.2 Å². The average Bonchev–Trinajstić information content (AvgIpc) is 3.07. The van der Waals surface area contributed by atoms with Crippen molar-refractivity contribution < 1.29 is 9.26 Å². The van der Waals surface area contributed by atoms with E-state index >= 15 is 0 Å². The first kappa shape index (κ1) is 17.6. The van der Waals surface area contributed by atoms with E-state index < -0.39 is 0 Å². The number of hydrogen-bond acceptors (Lipinski definition) is 8. The van der Waals surface area contributed by atoms with Gasteiger partial charge in [-0.3, -0.25) is 0 Å². The van der Waals surface area contributed by atoms with Crippen molar-refractivity contribution in [1.29, 1.82) is 0 Å². The molecule has 2 aromatic heterocycles. The molecule has 0 N–H and O–H groups in total. The fourth-order valence-electron chi connectivity index (χ4n) is 2.90. The molecule has 2 aromatic rings. The van der Waals surface area contributed by atoms with E-state index in [-0.39, 0.29) is 0 Å². The number of methoxy groups -OCH3 is 1. The average molecular weight is 346 g/mol. The Morgan fingerprint density at radius 3 is 2.76 bits per heavy atom. The van der Waals surface area contributed by atoms with Crippen molar-refractivity contribution in [2.75, 3.05) is 43.7 Å². The van der Waals surface area contributed by atoms with E-state index in [2.05, 4.69) is 20.0 Å². The summed E-state index contributed by atoms with van der Waals surface area (Å²) in [5, 5.41) is 3.98. The van der Waals surface area contributed by atoms with Gasteiger partial charge in [0.15, 0.2) is 5.82 Å². The lowest BCUT2D eigenvalue weighted by Gasteiger charge is -2.28. The topological polar surface area (TPSA) is 80.4 Å². The van der Waals surface area contributed by atoms with Crippen LogP contribution in [0, 0.1) is 6.92 Å². The van der Waals surface area contributed by atoms with Gasteiger partial charge in [0.25, 0.3) is 0 Å². The molecule has 0 aromatic carbocycles. The van der Waals surface area contributed by atoms with Crippen LogP contribution in [0.2, 0.25) is 0 Å². The largest absolute Gasteiger partial charge is 0.384 e. The van der Waals surface area contributed by atoms with E-state index in [4.69, 9.17) is 14.2 Å². The van der Waals surface area contributed by atoms with Crippen LogP contribution in [-0.4, -0.2) is 54.0 Å². The molecule has 0 aliphatic carbocycles. The molecule has 0 radical (unpaired) electrons. The molecule has 0 saturated carbocycles. The molecule has 1 aliphatic heterocycles. The predicted octanol–water partition coefficient (Wildman–Crippen LogP) is 1.98. The zero-order valence-corrected chi connectivity index (χ0v) is 15.2. The first-order valence-electron chi connectivity index (χ1n) is 8.78. The van der Waals surface area contributed by atoms with E-state index in [1.165, 1.54) is 19.3 Å². The first-order chi connectivity index (χ1) is 12.2. The monoisotopic (exact) mass is 346 g/mol. The van der Waals surface area contributed by atoms with Gasteiger partial charge in [0, 0.05) is 45.4 Å². The Bertz CT molecular complexity index is 684. The van der Waals surface area contributed by atoms with Crippen LogP contribution in [0.5, 0.6) is 0 Å². The van der Waals surface area contributed by atoms with Crippen LogP contribution < -0.4 is 9.80 Å². The Hall–Kier alpha value is -2.22. The van der Waals surface area contributed by atoms with E-state index in [9.17, 15) is 0 Å². The highest BCUT2D eigenvalue weighted by Gasteiger charge is 2.17. The molecule has 3 heterocycles. The van der Waals surface area contributed by atoms with Gasteiger partial charge in [-0.1, -0.05) is 5.16 Å². The molecular formula is C17H26N6O2. The van der Waals surface area contributed by atoms with Crippen LogP contribution in [0.25, 0.3) is 0 Å². The van der Waals surface area contributed by atoms with Crippen molar-refractivity contribution in [3.8, 4) is 0 Å². The van der Waals surface area contributed by atoms with Crippen LogP contribution >= 0.6 is 0 Å². The maximum absolute atomic E-state index is 5.32. The lowest BCUT2D eigenvalue weighted by Crippen LogP contribution is -2.31. The standard InChI is InChI=1S/C17H26N6O2/c1-13-11-15(20-17(18-13)23-8-5-4-6-9-23)22(2)12-16-19-14(21-25-16)7-10-24-3/h11H,4-10,12H2,1-3H3. The molecule has 25 heavy (non-hydrogen) atoms. The summed E-state index contributed by atoms with van der Waals surface area (Å²) < 4.78 is 10.4. The fraction of sp³-hybridized carbons (Fsp3) is 0.647. The third-order valence-corrected chi connectivity index (χ3v) is 4.27. The number of anilines is 2. The quantitative estimate of drug-likeness (QED) is 0.753. The third kappa shape index (κ3) is 4.66.